The minimum absolute atomic E-state index is 0.00964. The lowest BCUT2D eigenvalue weighted by molar-refractivity contribution is -0.131. The highest BCUT2D eigenvalue weighted by Crippen LogP contribution is 2.24. The Morgan fingerprint density at radius 1 is 1.47 bits per heavy atom. The quantitative estimate of drug-likeness (QED) is 0.764. The Balaban J connectivity index is 1.92. The largest absolute Gasteiger partial charge is 0.381 e. The van der Waals surface area contributed by atoms with E-state index in [4.69, 9.17) is 4.74 Å². The maximum atomic E-state index is 11.9. The summed E-state index contributed by atoms with van der Waals surface area (Å²) in [6.07, 6.45) is 2.16. The molecule has 2 saturated heterocycles. The monoisotopic (exact) mass is 240 g/mol. The van der Waals surface area contributed by atoms with E-state index in [0.717, 1.165) is 26.1 Å². The number of likely N-dealkylation sites (tertiary alicyclic amines) is 1. The van der Waals surface area contributed by atoms with Crippen LogP contribution in [0.15, 0.2) is 0 Å². The molecule has 0 aromatic carbocycles. The molecule has 0 aliphatic carbocycles. The molecule has 2 amide bonds. The van der Waals surface area contributed by atoms with Crippen LogP contribution in [0, 0.1) is 5.92 Å². The summed E-state index contributed by atoms with van der Waals surface area (Å²) in [5.41, 5.74) is 0. The lowest BCUT2D eigenvalue weighted by atomic mass is 10.1. The average molecular weight is 240 g/mol. The van der Waals surface area contributed by atoms with Gasteiger partial charge in [0.1, 0.15) is 0 Å². The van der Waals surface area contributed by atoms with Crippen LogP contribution in [0.3, 0.4) is 0 Å². The van der Waals surface area contributed by atoms with E-state index in [1.807, 2.05) is 11.8 Å². The molecule has 1 atom stereocenters. The van der Waals surface area contributed by atoms with Gasteiger partial charge in [-0.25, -0.2) is 0 Å². The van der Waals surface area contributed by atoms with Gasteiger partial charge in [-0.2, -0.15) is 0 Å². The smallest absolute Gasteiger partial charge is 0.225 e. The van der Waals surface area contributed by atoms with Crippen LogP contribution < -0.4 is 5.32 Å². The van der Waals surface area contributed by atoms with E-state index >= 15 is 0 Å². The Bertz CT molecular complexity index is 300. The number of nitrogens with one attached hydrogen (secondary N) is 1. The van der Waals surface area contributed by atoms with Gasteiger partial charge in [0.05, 0.1) is 5.92 Å². The Hall–Kier alpha value is -1.10. The molecule has 2 fully saturated rings. The average Bonchev–Trinajstić information content (AvgIpc) is 2.73. The lowest BCUT2D eigenvalue weighted by Gasteiger charge is -2.31. The van der Waals surface area contributed by atoms with E-state index in [9.17, 15) is 9.59 Å². The zero-order chi connectivity index (χ0) is 12.3. The second-order valence-electron chi connectivity index (χ2n) is 4.69. The minimum Gasteiger partial charge on any atom is -0.381 e. The molecule has 5 nitrogen and oxygen atoms in total. The van der Waals surface area contributed by atoms with Gasteiger partial charge in [0.25, 0.3) is 0 Å². The van der Waals surface area contributed by atoms with Crippen LogP contribution in [-0.2, 0) is 14.3 Å². The predicted molar refractivity (Wildman–Crippen MR) is 62.3 cm³/mol. The fourth-order valence-corrected chi connectivity index (χ4v) is 2.58. The highest BCUT2D eigenvalue weighted by molar-refractivity contribution is 5.89. The summed E-state index contributed by atoms with van der Waals surface area (Å²) in [6.45, 7) is 4.54. The van der Waals surface area contributed by atoms with Gasteiger partial charge in [0.15, 0.2) is 0 Å². The first kappa shape index (κ1) is 12.4. The third kappa shape index (κ3) is 2.77. The molecule has 5 heteroatoms. The first-order valence-electron chi connectivity index (χ1n) is 6.37. The first-order valence-corrected chi connectivity index (χ1v) is 6.37. The van der Waals surface area contributed by atoms with Crippen molar-refractivity contribution in [3.63, 3.8) is 0 Å². The third-order valence-corrected chi connectivity index (χ3v) is 3.51. The second kappa shape index (κ2) is 5.49. The van der Waals surface area contributed by atoms with Crippen molar-refractivity contribution >= 4 is 11.8 Å². The topological polar surface area (TPSA) is 58.6 Å². The fraction of sp³-hybridized carbons (Fsp3) is 0.833. The van der Waals surface area contributed by atoms with Gasteiger partial charge in [-0.05, 0) is 19.8 Å². The highest BCUT2D eigenvalue weighted by Gasteiger charge is 2.37. The van der Waals surface area contributed by atoms with Crippen LogP contribution in [0.25, 0.3) is 0 Å². The number of nitrogens with zero attached hydrogens (tertiary/aromatic N) is 1. The Morgan fingerprint density at radius 3 is 2.82 bits per heavy atom. The summed E-state index contributed by atoms with van der Waals surface area (Å²) in [5.74, 6) is -0.0335. The Kier molecular flexibility index (Phi) is 3.99. The van der Waals surface area contributed by atoms with Gasteiger partial charge in [-0.15, -0.1) is 0 Å². The van der Waals surface area contributed by atoms with Gasteiger partial charge in [0, 0.05) is 38.8 Å². The molecule has 0 bridgehead atoms. The van der Waals surface area contributed by atoms with Crippen LogP contribution >= 0.6 is 0 Å². The van der Waals surface area contributed by atoms with Crippen LogP contribution in [-0.4, -0.2) is 49.1 Å². The molecular weight excluding hydrogens is 220 g/mol. The molecule has 2 rings (SSSR count). The van der Waals surface area contributed by atoms with E-state index in [-0.39, 0.29) is 23.8 Å². The molecule has 1 N–H and O–H groups in total. The predicted octanol–water partition coefficient (Wildman–Crippen LogP) is 0.150. The molecule has 0 radical (unpaired) electrons. The molecule has 0 aromatic heterocycles. The maximum absolute atomic E-state index is 11.9. The summed E-state index contributed by atoms with van der Waals surface area (Å²) in [6, 6.07) is 0.274. The zero-order valence-corrected chi connectivity index (χ0v) is 10.3. The zero-order valence-electron chi connectivity index (χ0n) is 10.3. The number of hydrogen-bond donors (Lipinski definition) is 1. The summed E-state index contributed by atoms with van der Waals surface area (Å²) in [4.78, 5) is 25.5. The number of rotatable bonds is 3. The maximum Gasteiger partial charge on any atom is 0.225 e. The van der Waals surface area contributed by atoms with Crippen molar-refractivity contribution in [2.45, 2.75) is 32.2 Å². The van der Waals surface area contributed by atoms with Crippen LogP contribution in [0.1, 0.15) is 26.2 Å². The molecule has 2 aliphatic heterocycles. The second-order valence-corrected chi connectivity index (χ2v) is 4.69. The Morgan fingerprint density at radius 2 is 2.18 bits per heavy atom. The van der Waals surface area contributed by atoms with Gasteiger partial charge < -0.3 is 15.0 Å². The normalized spacial score (nSPS) is 26.3. The van der Waals surface area contributed by atoms with Crippen molar-refractivity contribution in [2.24, 2.45) is 5.92 Å². The van der Waals surface area contributed by atoms with E-state index in [0.29, 0.717) is 19.5 Å². The fourth-order valence-electron chi connectivity index (χ4n) is 2.58. The molecule has 2 heterocycles. The van der Waals surface area contributed by atoms with Crippen molar-refractivity contribution in [1.82, 2.24) is 10.2 Å². The number of amides is 2. The van der Waals surface area contributed by atoms with Gasteiger partial charge >= 0.3 is 0 Å². The van der Waals surface area contributed by atoms with E-state index in [1.54, 1.807) is 0 Å². The van der Waals surface area contributed by atoms with Gasteiger partial charge in [0.2, 0.25) is 11.8 Å². The molecule has 17 heavy (non-hydrogen) atoms. The SMILES string of the molecule is CCNC(=O)[C@H]1CC(=O)N(C2CCOCC2)C1. The first-order chi connectivity index (χ1) is 8.22. The standard InChI is InChI=1S/C12H20N2O3/c1-2-13-12(16)9-7-11(15)14(8-9)10-3-5-17-6-4-10/h9-10H,2-8H2,1H3,(H,13,16)/t9-/m0/s1. The summed E-state index contributed by atoms with van der Waals surface area (Å²) >= 11 is 0. The van der Waals surface area contributed by atoms with Crippen molar-refractivity contribution in [1.29, 1.82) is 0 Å². The van der Waals surface area contributed by atoms with Crippen LogP contribution in [0.4, 0.5) is 0 Å². The lowest BCUT2D eigenvalue weighted by Crippen LogP contribution is -2.41. The molecule has 2 aliphatic rings. The minimum atomic E-state index is -0.162. The molecule has 0 spiro atoms. The van der Waals surface area contributed by atoms with Gasteiger partial charge in [-0.3, -0.25) is 9.59 Å². The van der Waals surface area contributed by atoms with Gasteiger partial charge in [-0.1, -0.05) is 0 Å². The number of carbonyl (C=O) groups excluding carboxylic acids is 2. The molecular formula is C12H20N2O3. The number of hydrogen-bond acceptors (Lipinski definition) is 3. The third-order valence-electron chi connectivity index (χ3n) is 3.51. The molecule has 0 unspecified atom stereocenters. The molecule has 0 saturated carbocycles. The van der Waals surface area contributed by atoms with E-state index in [2.05, 4.69) is 5.32 Å². The molecule has 96 valence electrons. The van der Waals surface area contributed by atoms with Crippen LogP contribution in [0.2, 0.25) is 0 Å². The van der Waals surface area contributed by atoms with Crippen LogP contribution in [0.5, 0.6) is 0 Å². The highest BCUT2D eigenvalue weighted by atomic mass is 16.5. The summed E-state index contributed by atoms with van der Waals surface area (Å²) < 4.78 is 5.29. The van der Waals surface area contributed by atoms with E-state index in [1.165, 1.54) is 0 Å². The summed E-state index contributed by atoms with van der Waals surface area (Å²) in [7, 11) is 0. The molecule has 0 aromatic rings. The number of ether oxygens (including phenoxy) is 1. The van der Waals surface area contributed by atoms with Crippen molar-refractivity contribution < 1.29 is 14.3 Å². The van der Waals surface area contributed by atoms with E-state index < -0.39 is 0 Å². The summed E-state index contributed by atoms with van der Waals surface area (Å²) in [5, 5.41) is 2.79. The Labute approximate surface area is 101 Å². The van der Waals surface area contributed by atoms with Crippen molar-refractivity contribution in [3.8, 4) is 0 Å². The van der Waals surface area contributed by atoms with Crippen molar-refractivity contribution in [2.75, 3.05) is 26.3 Å². The van der Waals surface area contributed by atoms with Crippen molar-refractivity contribution in [3.05, 3.63) is 0 Å². The number of carbonyl (C=O) groups is 2.